The number of benzene rings is 1. The van der Waals surface area contributed by atoms with Gasteiger partial charge in [-0.3, -0.25) is 0 Å². The van der Waals surface area contributed by atoms with E-state index in [4.69, 9.17) is 0 Å². The average Bonchev–Trinajstić information content (AvgIpc) is 2.96. The van der Waals surface area contributed by atoms with Crippen LogP contribution in [0.1, 0.15) is 35.6 Å². The highest BCUT2D eigenvalue weighted by Gasteiger charge is 2.26. The standard InChI is InChI=1S/C16H20N2/c1-11-15(12-5-8-17-9-6-12)14-4-2-3-13-7-10-18(11)16(13)14/h2-4,12,17H,5-10H2,1H3. The second-order valence-corrected chi connectivity index (χ2v) is 5.74. The molecule has 0 spiro atoms. The maximum Gasteiger partial charge on any atom is 0.0518 e. The smallest absolute Gasteiger partial charge is 0.0518 e. The van der Waals surface area contributed by atoms with Gasteiger partial charge in [0.2, 0.25) is 0 Å². The number of aryl methyl sites for hydroxylation is 2. The van der Waals surface area contributed by atoms with Crippen molar-refractivity contribution in [1.29, 1.82) is 0 Å². The molecule has 94 valence electrons. The lowest BCUT2D eigenvalue weighted by atomic mass is 9.88. The van der Waals surface area contributed by atoms with E-state index in [9.17, 15) is 0 Å². The number of hydrogen-bond donors (Lipinski definition) is 1. The van der Waals surface area contributed by atoms with Crippen LogP contribution >= 0.6 is 0 Å². The number of nitrogens with zero attached hydrogens (tertiary/aromatic N) is 1. The van der Waals surface area contributed by atoms with Crippen LogP contribution in [0.25, 0.3) is 10.9 Å². The van der Waals surface area contributed by atoms with Crippen LogP contribution in [0.3, 0.4) is 0 Å². The molecular weight excluding hydrogens is 220 g/mol. The summed E-state index contributed by atoms with van der Waals surface area (Å²) in [4.78, 5) is 0. The maximum atomic E-state index is 3.48. The Hall–Kier alpha value is -1.28. The van der Waals surface area contributed by atoms with Crippen molar-refractivity contribution in [2.45, 2.75) is 38.6 Å². The van der Waals surface area contributed by atoms with Crippen LogP contribution in [0.5, 0.6) is 0 Å². The maximum absolute atomic E-state index is 3.48. The molecule has 2 aromatic rings. The zero-order valence-corrected chi connectivity index (χ0v) is 11.0. The van der Waals surface area contributed by atoms with E-state index in [0.29, 0.717) is 0 Å². The minimum Gasteiger partial charge on any atom is -0.344 e. The van der Waals surface area contributed by atoms with E-state index in [1.807, 2.05) is 0 Å². The molecular formula is C16H20N2. The van der Waals surface area contributed by atoms with Gasteiger partial charge < -0.3 is 9.88 Å². The second-order valence-electron chi connectivity index (χ2n) is 5.74. The summed E-state index contributed by atoms with van der Waals surface area (Å²) in [5.74, 6) is 0.767. The number of nitrogens with one attached hydrogen (secondary N) is 1. The van der Waals surface area contributed by atoms with Gasteiger partial charge in [0.05, 0.1) is 5.52 Å². The first-order valence-corrected chi connectivity index (χ1v) is 7.17. The summed E-state index contributed by atoms with van der Waals surface area (Å²) in [7, 11) is 0. The molecule has 2 heteroatoms. The Balaban J connectivity index is 1.95. The van der Waals surface area contributed by atoms with Crippen molar-refractivity contribution < 1.29 is 0 Å². The van der Waals surface area contributed by atoms with Crippen molar-refractivity contribution in [3.05, 3.63) is 35.0 Å². The Bertz CT molecular complexity index is 603. The predicted octanol–water partition coefficient (Wildman–Crippen LogP) is 2.97. The topological polar surface area (TPSA) is 17.0 Å². The fraction of sp³-hybridized carbons (Fsp3) is 0.500. The van der Waals surface area contributed by atoms with Crippen LogP contribution in [-0.4, -0.2) is 17.7 Å². The Labute approximate surface area is 108 Å². The van der Waals surface area contributed by atoms with Gasteiger partial charge in [0.15, 0.2) is 0 Å². The van der Waals surface area contributed by atoms with Gasteiger partial charge >= 0.3 is 0 Å². The van der Waals surface area contributed by atoms with Gasteiger partial charge in [-0.2, -0.15) is 0 Å². The Morgan fingerprint density at radius 2 is 2.06 bits per heavy atom. The SMILES string of the molecule is Cc1c(C2CCNCC2)c2cccc3c2n1CC3. The molecule has 0 radical (unpaired) electrons. The third-order valence-electron chi connectivity index (χ3n) is 4.83. The molecule has 0 aliphatic carbocycles. The highest BCUT2D eigenvalue weighted by Crippen LogP contribution is 2.39. The molecule has 1 fully saturated rings. The van der Waals surface area contributed by atoms with Crippen molar-refractivity contribution in [3.63, 3.8) is 0 Å². The minimum absolute atomic E-state index is 0.767. The van der Waals surface area contributed by atoms with Gasteiger partial charge in [0, 0.05) is 17.6 Å². The van der Waals surface area contributed by atoms with Crippen molar-refractivity contribution in [1.82, 2.24) is 9.88 Å². The largest absolute Gasteiger partial charge is 0.344 e. The molecule has 1 aromatic carbocycles. The van der Waals surface area contributed by atoms with Gasteiger partial charge in [-0.1, -0.05) is 18.2 Å². The van der Waals surface area contributed by atoms with E-state index in [2.05, 4.69) is 35.0 Å². The van der Waals surface area contributed by atoms with Crippen LogP contribution < -0.4 is 5.32 Å². The number of rotatable bonds is 1. The van der Waals surface area contributed by atoms with Crippen LogP contribution in [0.2, 0.25) is 0 Å². The van der Waals surface area contributed by atoms with Crippen LogP contribution in [-0.2, 0) is 13.0 Å². The van der Waals surface area contributed by atoms with E-state index in [0.717, 1.165) is 5.92 Å². The quantitative estimate of drug-likeness (QED) is 0.811. The predicted molar refractivity (Wildman–Crippen MR) is 75.2 cm³/mol. The molecule has 0 unspecified atom stereocenters. The molecule has 2 aliphatic rings. The fourth-order valence-corrected chi connectivity index (χ4v) is 3.97. The molecule has 18 heavy (non-hydrogen) atoms. The fourth-order valence-electron chi connectivity index (χ4n) is 3.97. The van der Waals surface area contributed by atoms with Crippen molar-refractivity contribution in [3.8, 4) is 0 Å². The Morgan fingerprint density at radius 3 is 2.89 bits per heavy atom. The molecule has 0 amide bonds. The van der Waals surface area contributed by atoms with Crippen LogP contribution in [0.4, 0.5) is 0 Å². The lowest BCUT2D eigenvalue weighted by Gasteiger charge is -2.23. The summed E-state index contributed by atoms with van der Waals surface area (Å²) in [6, 6.07) is 6.89. The molecule has 2 aliphatic heterocycles. The third-order valence-corrected chi connectivity index (χ3v) is 4.83. The summed E-state index contributed by atoms with van der Waals surface area (Å²) in [6.45, 7) is 5.87. The van der Waals surface area contributed by atoms with Crippen molar-refractivity contribution in [2.24, 2.45) is 0 Å². The Kier molecular flexibility index (Phi) is 2.28. The minimum atomic E-state index is 0.767. The average molecular weight is 240 g/mol. The van der Waals surface area contributed by atoms with Gasteiger partial charge in [0.1, 0.15) is 0 Å². The highest BCUT2D eigenvalue weighted by atomic mass is 15.0. The van der Waals surface area contributed by atoms with E-state index in [1.54, 1.807) is 11.1 Å². The molecule has 1 aromatic heterocycles. The van der Waals surface area contributed by atoms with E-state index in [-0.39, 0.29) is 0 Å². The molecule has 1 saturated heterocycles. The van der Waals surface area contributed by atoms with E-state index >= 15 is 0 Å². The summed E-state index contributed by atoms with van der Waals surface area (Å²) in [5.41, 5.74) is 6.26. The first-order valence-electron chi connectivity index (χ1n) is 7.17. The number of piperidine rings is 1. The van der Waals surface area contributed by atoms with E-state index in [1.165, 1.54) is 55.5 Å². The molecule has 0 saturated carbocycles. The number of para-hydroxylation sites is 1. The summed E-state index contributed by atoms with van der Waals surface area (Å²) in [6.07, 6.45) is 3.81. The van der Waals surface area contributed by atoms with Crippen LogP contribution in [0.15, 0.2) is 18.2 Å². The first kappa shape index (κ1) is 10.6. The molecule has 2 nitrogen and oxygen atoms in total. The second kappa shape index (κ2) is 3.86. The van der Waals surface area contributed by atoms with Gasteiger partial charge in [0.25, 0.3) is 0 Å². The molecule has 3 heterocycles. The summed E-state index contributed by atoms with van der Waals surface area (Å²) < 4.78 is 2.56. The molecule has 1 N–H and O–H groups in total. The normalized spacial score (nSPS) is 19.8. The zero-order valence-electron chi connectivity index (χ0n) is 11.0. The highest BCUT2D eigenvalue weighted by molar-refractivity contribution is 5.89. The third kappa shape index (κ3) is 1.33. The summed E-state index contributed by atoms with van der Waals surface area (Å²) in [5, 5.41) is 5.01. The lowest BCUT2D eigenvalue weighted by molar-refractivity contribution is 0.459. The molecule has 0 bridgehead atoms. The molecule has 0 atom stereocenters. The summed E-state index contributed by atoms with van der Waals surface area (Å²) >= 11 is 0. The zero-order chi connectivity index (χ0) is 12.1. The van der Waals surface area contributed by atoms with Gasteiger partial charge in [-0.15, -0.1) is 0 Å². The Morgan fingerprint density at radius 1 is 1.22 bits per heavy atom. The monoisotopic (exact) mass is 240 g/mol. The first-order chi connectivity index (χ1) is 8.86. The van der Waals surface area contributed by atoms with Crippen LogP contribution in [0, 0.1) is 6.92 Å². The molecule has 4 rings (SSSR count). The number of hydrogen-bond acceptors (Lipinski definition) is 1. The van der Waals surface area contributed by atoms with Crippen molar-refractivity contribution >= 4 is 10.9 Å². The number of aromatic nitrogens is 1. The van der Waals surface area contributed by atoms with Crippen molar-refractivity contribution in [2.75, 3.05) is 13.1 Å². The van der Waals surface area contributed by atoms with E-state index < -0.39 is 0 Å². The van der Waals surface area contributed by atoms with Gasteiger partial charge in [-0.05, 0) is 56.3 Å². The lowest BCUT2D eigenvalue weighted by Crippen LogP contribution is -2.27. The van der Waals surface area contributed by atoms with Gasteiger partial charge in [-0.25, -0.2) is 0 Å².